The summed E-state index contributed by atoms with van der Waals surface area (Å²) in [5.74, 6) is -0.348. The number of carbonyl (C=O) groups is 1. The van der Waals surface area contributed by atoms with Crippen molar-refractivity contribution in [3.05, 3.63) is 30.2 Å². The molecular formula is C16H23N3O3. The number of hydrogen-bond acceptors (Lipinski definition) is 5. The van der Waals surface area contributed by atoms with Gasteiger partial charge in [-0.2, -0.15) is 0 Å². The van der Waals surface area contributed by atoms with Crippen molar-refractivity contribution in [2.45, 2.75) is 20.8 Å². The average Bonchev–Trinajstić information content (AvgIpc) is 3.01. The molecule has 0 bridgehead atoms. The summed E-state index contributed by atoms with van der Waals surface area (Å²) in [6, 6.07) is 3.97. The summed E-state index contributed by atoms with van der Waals surface area (Å²) < 4.78 is 12.1. The van der Waals surface area contributed by atoms with E-state index in [1.54, 1.807) is 17.5 Å². The number of esters is 1. The largest absolute Gasteiger partial charge is 0.461 e. The Morgan fingerprint density at radius 2 is 2.09 bits per heavy atom. The van der Waals surface area contributed by atoms with Crippen LogP contribution in [-0.2, 0) is 9.47 Å². The standard InChI is InChI=1S/C14H17N3O3.C2H6/c1-2-20-14(18)12-10-15-13-9-11(3-4-17(12)13)16-5-7-19-8-6-16;1-2/h3-4,9-10H,2,5-8H2,1H3;1-2H3. The molecule has 120 valence electrons. The summed E-state index contributed by atoms with van der Waals surface area (Å²) in [5.41, 5.74) is 2.30. The normalized spacial score (nSPS) is 14.4. The highest BCUT2D eigenvalue weighted by molar-refractivity contribution is 5.88. The minimum Gasteiger partial charge on any atom is -0.461 e. The summed E-state index contributed by atoms with van der Waals surface area (Å²) in [6.07, 6.45) is 3.41. The molecule has 6 heteroatoms. The summed E-state index contributed by atoms with van der Waals surface area (Å²) in [4.78, 5) is 18.3. The Hall–Kier alpha value is -2.08. The average molecular weight is 305 g/mol. The van der Waals surface area contributed by atoms with E-state index in [1.807, 2.05) is 32.2 Å². The van der Waals surface area contributed by atoms with Gasteiger partial charge in [-0.05, 0) is 13.0 Å². The van der Waals surface area contributed by atoms with Gasteiger partial charge in [0.1, 0.15) is 5.65 Å². The topological polar surface area (TPSA) is 56.1 Å². The first kappa shape index (κ1) is 16.3. The molecule has 2 aromatic rings. The molecule has 0 atom stereocenters. The van der Waals surface area contributed by atoms with Gasteiger partial charge in [-0.1, -0.05) is 13.8 Å². The Morgan fingerprint density at radius 3 is 2.77 bits per heavy atom. The molecule has 1 fully saturated rings. The van der Waals surface area contributed by atoms with E-state index in [4.69, 9.17) is 9.47 Å². The molecule has 0 aliphatic carbocycles. The monoisotopic (exact) mass is 305 g/mol. The number of hydrogen-bond donors (Lipinski definition) is 0. The zero-order valence-corrected chi connectivity index (χ0v) is 13.4. The van der Waals surface area contributed by atoms with E-state index in [9.17, 15) is 4.79 Å². The molecule has 6 nitrogen and oxygen atoms in total. The smallest absolute Gasteiger partial charge is 0.356 e. The van der Waals surface area contributed by atoms with Crippen LogP contribution in [0.3, 0.4) is 0 Å². The molecule has 0 aromatic carbocycles. The zero-order chi connectivity index (χ0) is 15.9. The van der Waals surface area contributed by atoms with Crippen LogP contribution in [-0.4, -0.2) is 48.3 Å². The third-order valence-corrected chi connectivity index (χ3v) is 3.36. The van der Waals surface area contributed by atoms with Crippen LogP contribution < -0.4 is 4.90 Å². The van der Waals surface area contributed by atoms with Crippen molar-refractivity contribution < 1.29 is 14.3 Å². The van der Waals surface area contributed by atoms with Crippen LogP contribution in [0, 0.1) is 0 Å². The highest BCUT2D eigenvalue weighted by Gasteiger charge is 2.15. The summed E-state index contributed by atoms with van der Waals surface area (Å²) >= 11 is 0. The number of rotatable bonds is 3. The number of ether oxygens (including phenoxy) is 2. The molecule has 22 heavy (non-hydrogen) atoms. The van der Waals surface area contributed by atoms with Gasteiger partial charge in [0, 0.05) is 31.0 Å². The number of morpholine rings is 1. The number of carbonyl (C=O) groups excluding carboxylic acids is 1. The van der Waals surface area contributed by atoms with Gasteiger partial charge in [0.25, 0.3) is 0 Å². The molecule has 0 unspecified atom stereocenters. The van der Waals surface area contributed by atoms with Gasteiger partial charge in [-0.15, -0.1) is 0 Å². The van der Waals surface area contributed by atoms with Gasteiger partial charge in [0.2, 0.25) is 0 Å². The Kier molecular flexibility index (Phi) is 5.77. The number of imidazole rings is 1. The third kappa shape index (κ3) is 3.39. The van der Waals surface area contributed by atoms with Crippen LogP contribution in [0.15, 0.2) is 24.5 Å². The molecule has 0 saturated carbocycles. The molecule has 0 radical (unpaired) electrons. The second-order valence-electron chi connectivity index (χ2n) is 4.58. The maximum atomic E-state index is 11.8. The first-order chi connectivity index (χ1) is 10.8. The lowest BCUT2D eigenvalue weighted by molar-refractivity contribution is 0.0518. The van der Waals surface area contributed by atoms with E-state index in [1.165, 1.54) is 0 Å². The van der Waals surface area contributed by atoms with Crippen molar-refractivity contribution in [3.63, 3.8) is 0 Å². The number of aromatic nitrogens is 2. The van der Waals surface area contributed by atoms with Gasteiger partial charge < -0.3 is 14.4 Å². The molecule has 1 saturated heterocycles. The van der Waals surface area contributed by atoms with Crippen LogP contribution in [0.2, 0.25) is 0 Å². The maximum Gasteiger partial charge on any atom is 0.356 e. The fraction of sp³-hybridized carbons (Fsp3) is 0.500. The Labute approximate surface area is 130 Å². The number of pyridine rings is 1. The van der Waals surface area contributed by atoms with E-state index in [-0.39, 0.29) is 5.97 Å². The Bertz CT molecular complexity index is 618. The van der Waals surface area contributed by atoms with Crippen LogP contribution >= 0.6 is 0 Å². The number of nitrogens with zero attached hydrogens (tertiary/aromatic N) is 3. The third-order valence-electron chi connectivity index (χ3n) is 3.36. The van der Waals surface area contributed by atoms with Gasteiger partial charge >= 0.3 is 5.97 Å². The SMILES string of the molecule is CC.CCOC(=O)c1cnc2cc(N3CCOCC3)ccn12. The quantitative estimate of drug-likeness (QED) is 0.815. The van der Waals surface area contributed by atoms with Crippen LogP contribution in [0.5, 0.6) is 0 Å². The predicted molar refractivity (Wildman–Crippen MR) is 85.5 cm³/mol. The van der Waals surface area contributed by atoms with Crippen molar-refractivity contribution in [1.82, 2.24) is 9.38 Å². The molecule has 2 aromatic heterocycles. The summed E-state index contributed by atoms with van der Waals surface area (Å²) in [5, 5.41) is 0. The van der Waals surface area contributed by atoms with Crippen LogP contribution in [0.25, 0.3) is 5.65 Å². The minimum atomic E-state index is -0.348. The Morgan fingerprint density at radius 1 is 1.36 bits per heavy atom. The lowest BCUT2D eigenvalue weighted by Gasteiger charge is -2.28. The molecule has 1 aliphatic rings. The molecule has 0 N–H and O–H groups in total. The van der Waals surface area contributed by atoms with E-state index in [2.05, 4.69) is 9.88 Å². The minimum absolute atomic E-state index is 0.348. The van der Waals surface area contributed by atoms with E-state index in [0.717, 1.165) is 37.6 Å². The summed E-state index contributed by atoms with van der Waals surface area (Å²) in [7, 11) is 0. The van der Waals surface area contributed by atoms with Gasteiger partial charge in [-0.3, -0.25) is 4.40 Å². The first-order valence-electron chi connectivity index (χ1n) is 7.76. The van der Waals surface area contributed by atoms with Crippen molar-refractivity contribution in [2.24, 2.45) is 0 Å². The van der Waals surface area contributed by atoms with Gasteiger partial charge in [0.15, 0.2) is 5.69 Å². The lowest BCUT2D eigenvalue weighted by atomic mass is 10.3. The van der Waals surface area contributed by atoms with Crippen molar-refractivity contribution >= 4 is 17.3 Å². The zero-order valence-electron chi connectivity index (χ0n) is 13.4. The molecule has 1 aliphatic heterocycles. The molecule has 0 amide bonds. The Balaban J connectivity index is 0.000000847. The van der Waals surface area contributed by atoms with Crippen molar-refractivity contribution in [2.75, 3.05) is 37.8 Å². The highest BCUT2D eigenvalue weighted by atomic mass is 16.5. The fourth-order valence-electron chi connectivity index (χ4n) is 2.34. The van der Waals surface area contributed by atoms with Gasteiger partial charge in [0.05, 0.1) is 26.0 Å². The number of anilines is 1. The summed E-state index contributed by atoms with van der Waals surface area (Å²) in [6.45, 7) is 9.39. The second kappa shape index (κ2) is 7.79. The lowest BCUT2D eigenvalue weighted by Crippen LogP contribution is -2.36. The first-order valence-corrected chi connectivity index (χ1v) is 7.76. The van der Waals surface area contributed by atoms with Crippen molar-refractivity contribution in [3.8, 4) is 0 Å². The second-order valence-corrected chi connectivity index (χ2v) is 4.58. The van der Waals surface area contributed by atoms with E-state index < -0.39 is 0 Å². The molecular weight excluding hydrogens is 282 g/mol. The molecule has 0 spiro atoms. The fourth-order valence-corrected chi connectivity index (χ4v) is 2.34. The maximum absolute atomic E-state index is 11.8. The predicted octanol–water partition coefficient (Wildman–Crippen LogP) is 2.37. The molecule has 3 heterocycles. The van der Waals surface area contributed by atoms with Gasteiger partial charge in [-0.25, -0.2) is 9.78 Å². The van der Waals surface area contributed by atoms with Crippen LogP contribution in [0.4, 0.5) is 5.69 Å². The van der Waals surface area contributed by atoms with E-state index in [0.29, 0.717) is 12.3 Å². The number of fused-ring (bicyclic) bond motifs is 1. The molecule has 3 rings (SSSR count). The van der Waals surface area contributed by atoms with E-state index >= 15 is 0 Å². The van der Waals surface area contributed by atoms with Crippen LogP contribution in [0.1, 0.15) is 31.3 Å². The van der Waals surface area contributed by atoms with Crippen molar-refractivity contribution in [1.29, 1.82) is 0 Å². The highest BCUT2D eigenvalue weighted by Crippen LogP contribution is 2.19.